The Hall–Kier alpha value is -2.62. The topological polar surface area (TPSA) is 140 Å². The zero-order valence-electron chi connectivity index (χ0n) is 14.8. The minimum absolute atomic E-state index is 0.0903. The van der Waals surface area contributed by atoms with E-state index in [0.717, 1.165) is 5.56 Å². The maximum Gasteiger partial charge on any atom is 0.229 e. The van der Waals surface area contributed by atoms with Crippen molar-refractivity contribution in [2.24, 2.45) is 0 Å². The number of aliphatic hydroxyl groups excluding tert-OH is 4. The second kappa shape index (κ2) is 8.59. The molecule has 8 heteroatoms. The predicted octanol–water partition coefficient (Wildman–Crippen LogP) is 0.447. The third-order valence-electron chi connectivity index (χ3n) is 4.38. The third-order valence-corrected chi connectivity index (χ3v) is 4.38. The molecule has 3 rings (SSSR count). The van der Waals surface area contributed by atoms with Gasteiger partial charge in [0.2, 0.25) is 6.29 Å². The van der Waals surface area contributed by atoms with Crippen LogP contribution in [0.15, 0.2) is 42.5 Å². The lowest BCUT2D eigenvalue weighted by Crippen LogP contribution is -2.60. The van der Waals surface area contributed by atoms with Gasteiger partial charge in [-0.15, -0.1) is 0 Å². The van der Waals surface area contributed by atoms with Gasteiger partial charge in [-0.1, -0.05) is 24.3 Å². The highest BCUT2D eigenvalue weighted by Gasteiger charge is 2.44. The first-order valence-corrected chi connectivity index (χ1v) is 8.65. The molecular formula is C20H22O8. The number of benzene rings is 2. The molecule has 28 heavy (non-hydrogen) atoms. The standard InChI is InChI=1S/C20H22O8/c21-10-16-17(24)18(25)19(26)20(28-16)27-15-8-12(7-14(23)9-15)2-1-11-3-5-13(22)6-4-11/h1-9,16-26H,10H2/b2-1+/t16-,17+,18+,19-,20-/m0/s1. The number of phenolic OH excluding ortho intramolecular Hbond substituents is 2. The lowest BCUT2D eigenvalue weighted by molar-refractivity contribution is -0.277. The average molecular weight is 390 g/mol. The molecule has 1 aliphatic heterocycles. The van der Waals surface area contributed by atoms with Gasteiger partial charge < -0.3 is 40.1 Å². The highest BCUT2D eigenvalue weighted by Crippen LogP contribution is 2.28. The van der Waals surface area contributed by atoms with E-state index in [4.69, 9.17) is 9.47 Å². The molecule has 0 unspecified atom stereocenters. The van der Waals surface area contributed by atoms with Crippen molar-refractivity contribution in [1.29, 1.82) is 0 Å². The van der Waals surface area contributed by atoms with Crippen molar-refractivity contribution in [3.8, 4) is 17.2 Å². The molecular weight excluding hydrogens is 368 g/mol. The molecule has 150 valence electrons. The van der Waals surface area contributed by atoms with Crippen LogP contribution in [0.3, 0.4) is 0 Å². The summed E-state index contributed by atoms with van der Waals surface area (Å²) < 4.78 is 10.8. The normalized spacial score (nSPS) is 27.8. The fourth-order valence-electron chi connectivity index (χ4n) is 2.85. The van der Waals surface area contributed by atoms with Crippen LogP contribution in [0.1, 0.15) is 11.1 Å². The highest BCUT2D eigenvalue weighted by molar-refractivity contribution is 5.71. The number of hydrogen-bond donors (Lipinski definition) is 6. The fourth-order valence-corrected chi connectivity index (χ4v) is 2.85. The van der Waals surface area contributed by atoms with Crippen LogP contribution in [0.4, 0.5) is 0 Å². The van der Waals surface area contributed by atoms with Crippen LogP contribution >= 0.6 is 0 Å². The van der Waals surface area contributed by atoms with Crippen LogP contribution in [0.2, 0.25) is 0 Å². The Balaban J connectivity index is 1.76. The van der Waals surface area contributed by atoms with E-state index < -0.39 is 37.3 Å². The van der Waals surface area contributed by atoms with E-state index in [9.17, 15) is 30.6 Å². The molecule has 0 aromatic heterocycles. The summed E-state index contributed by atoms with van der Waals surface area (Å²) in [5.74, 6) is 0.229. The molecule has 2 aromatic rings. The van der Waals surface area contributed by atoms with Crippen molar-refractivity contribution in [2.75, 3.05) is 6.61 Å². The van der Waals surface area contributed by atoms with Gasteiger partial charge in [-0.2, -0.15) is 0 Å². The smallest absolute Gasteiger partial charge is 0.229 e. The minimum atomic E-state index is -1.55. The molecule has 6 N–H and O–H groups in total. The predicted molar refractivity (Wildman–Crippen MR) is 99.5 cm³/mol. The first-order chi connectivity index (χ1) is 13.4. The van der Waals surface area contributed by atoms with Crippen LogP contribution < -0.4 is 4.74 Å². The zero-order valence-corrected chi connectivity index (χ0v) is 14.8. The average Bonchev–Trinajstić information content (AvgIpc) is 2.67. The Morgan fingerprint density at radius 2 is 1.50 bits per heavy atom. The SMILES string of the molecule is OC[C@@H]1O[C@H](Oc2cc(O)cc(/C=C/c3ccc(O)cc3)c2)[C@@H](O)[C@H](O)[C@@H]1O. The van der Waals surface area contributed by atoms with E-state index >= 15 is 0 Å². The van der Waals surface area contributed by atoms with Crippen LogP contribution in [0.5, 0.6) is 17.2 Å². The largest absolute Gasteiger partial charge is 0.508 e. The van der Waals surface area contributed by atoms with Crippen molar-refractivity contribution in [1.82, 2.24) is 0 Å². The third kappa shape index (κ3) is 4.61. The number of aromatic hydroxyl groups is 2. The monoisotopic (exact) mass is 390 g/mol. The quantitative estimate of drug-likeness (QED) is 0.405. The minimum Gasteiger partial charge on any atom is -0.508 e. The molecule has 0 bridgehead atoms. The van der Waals surface area contributed by atoms with Gasteiger partial charge in [-0.05, 0) is 35.4 Å². The maximum atomic E-state index is 10.1. The molecule has 5 atom stereocenters. The molecule has 8 nitrogen and oxygen atoms in total. The molecule has 1 fully saturated rings. The van der Waals surface area contributed by atoms with Gasteiger partial charge in [-0.3, -0.25) is 0 Å². The summed E-state index contributed by atoms with van der Waals surface area (Å²) in [5.41, 5.74) is 1.42. The summed E-state index contributed by atoms with van der Waals surface area (Å²) in [4.78, 5) is 0. The van der Waals surface area contributed by atoms with Gasteiger partial charge in [0.25, 0.3) is 0 Å². The first-order valence-electron chi connectivity index (χ1n) is 8.65. The van der Waals surface area contributed by atoms with Crippen LogP contribution in [0.25, 0.3) is 12.2 Å². The Morgan fingerprint density at radius 3 is 2.18 bits per heavy atom. The number of hydrogen-bond acceptors (Lipinski definition) is 8. The molecule has 0 amide bonds. The Morgan fingerprint density at radius 1 is 0.821 bits per heavy atom. The fraction of sp³-hybridized carbons (Fsp3) is 0.300. The zero-order chi connectivity index (χ0) is 20.3. The number of rotatable bonds is 5. The molecule has 1 heterocycles. The van der Waals surface area contributed by atoms with E-state index in [1.165, 1.54) is 12.1 Å². The van der Waals surface area contributed by atoms with E-state index in [1.54, 1.807) is 42.5 Å². The molecule has 2 aromatic carbocycles. The second-order valence-corrected chi connectivity index (χ2v) is 6.50. The molecule has 0 aliphatic carbocycles. The van der Waals surface area contributed by atoms with Gasteiger partial charge in [0.15, 0.2) is 0 Å². The molecule has 0 saturated carbocycles. The highest BCUT2D eigenvalue weighted by atomic mass is 16.7. The lowest BCUT2D eigenvalue weighted by atomic mass is 9.99. The Kier molecular flexibility index (Phi) is 6.18. The van der Waals surface area contributed by atoms with Crippen molar-refractivity contribution >= 4 is 12.2 Å². The number of aliphatic hydroxyl groups is 4. The summed E-state index contributed by atoms with van der Waals surface area (Å²) in [7, 11) is 0. The molecule has 0 radical (unpaired) electrons. The van der Waals surface area contributed by atoms with Gasteiger partial charge in [-0.25, -0.2) is 0 Å². The van der Waals surface area contributed by atoms with Crippen molar-refractivity contribution in [3.63, 3.8) is 0 Å². The maximum absolute atomic E-state index is 10.1. The van der Waals surface area contributed by atoms with E-state index in [2.05, 4.69) is 0 Å². The number of phenols is 2. The van der Waals surface area contributed by atoms with E-state index in [-0.39, 0.29) is 17.2 Å². The van der Waals surface area contributed by atoms with Crippen molar-refractivity contribution in [2.45, 2.75) is 30.7 Å². The van der Waals surface area contributed by atoms with Crippen molar-refractivity contribution in [3.05, 3.63) is 53.6 Å². The van der Waals surface area contributed by atoms with Crippen LogP contribution in [0, 0.1) is 0 Å². The van der Waals surface area contributed by atoms with E-state index in [1.807, 2.05) is 0 Å². The summed E-state index contributed by atoms with van der Waals surface area (Å²) in [6, 6.07) is 10.9. The molecule has 1 saturated heterocycles. The molecule has 1 aliphatic rings. The van der Waals surface area contributed by atoms with E-state index in [0.29, 0.717) is 5.56 Å². The summed E-state index contributed by atoms with van der Waals surface area (Å²) >= 11 is 0. The van der Waals surface area contributed by atoms with Gasteiger partial charge in [0, 0.05) is 6.07 Å². The Bertz CT molecular complexity index is 817. The van der Waals surface area contributed by atoms with Gasteiger partial charge in [0.1, 0.15) is 41.7 Å². The molecule has 0 spiro atoms. The summed E-state index contributed by atoms with van der Waals surface area (Å²) in [5, 5.41) is 58.2. The van der Waals surface area contributed by atoms with Crippen LogP contribution in [-0.4, -0.2) is 68.0 Å². The number of ether oxygens (including phenoxy) is 2. The summed E-state index contributed by atoms with van der Waals surface area (Å²) in [6.07, 6.45) is -3.52. The second-order valence-electron chi connectivity index (χ2n) is 6.50. The van der Waals surface area contributed by atoms with Crippen LogP contribution in [-0.2, 0) is 4.74 Å². The summed E-state index contributed by atoms with van der Waals surface area (Å²) in [6.45, 7) is -0.564. The lowest BCUT2D eigenvalue weighted by Gasteiger charge is -2.39. The van der Waals surface area contributed by atoms with Gasteiger partial charge in [0.05, 0.1) is 6.61 Å². The van der Waals surface area contributed by atoms with Gasteiger partial charge >= 0.3 is 0 Å². The van der Waals surface area contributed by atoms with Crippen molar-refractivity contribution < 1.29 is 40.1 Å². The Labute approximate surface area is 161 Å². The first kappa shape index (κ1) is 20.1.